The summed E-state index contributed by atoms with van der Waals surface area (Å²) in [4.78, 5) is 24.6. The molecule has 0 radical (unpaired) electrons. The van der Waals surface area contributed by atoms with Gasteiger partial charge in [0.25, 0.3) is 5.91 Å². The summed E-state index contributed by atoms with van der Waals surface area (Å²) in [6.45, 7) is 3.94. The third-order valence-corrected chi connectivity index (χ3v) is 7.00. The lowest BCUT2D eigenvalue weighted by molar-refractivity contribution is 0.00761. The van der Waals surface area contributed by atoms with E-state index in [1.165, 1.54) is 0 Å². The molecule has 1 aliphatic carbocycles. The minimum absolute atomic E-state index is 0.0131. The number of aliphatic hydroxyl groups excluding tert-OH is 1. The van der Waals surface area contributed by atoms with Gasteiger partial charge < -0.3 is 10.0 Å². The van der Waals surface area contributed by atoms with Gasteiger partial charge in [-0.15, -0.1) is 6.58 Å². The highest BCUT2D eigenvalue weighted by Crippen LogP contribution is 2.44. The lowest BCUT2D eigenvalue weighted by atomic mass is 9.89. The average Bonchev–Trinajstić information content (AvgIpc) is 3.07. The van der Waals surface area contributed by atoms with Crippen molar-refractivity contribution in [2.24, 2.45) is 0 Å². The van der Waals surface area contributed by atoms with Gasteiger partial charge in [0.05, 0.1) is 23.7 Å². The summed E-state index contributed by atoms with van der Waals surface area (Å²) in [7, 11) is 0. The molecular formula is C26H26ClN3O2. The lowest BCUT2D eigenvalue weighted by Gasteiger charge is -2.38. The first-order chi connectivity index (χ1) is 15.6. The molecule has 3 heterocycles. The van der Waals surface area contributed by atoms with E-state index in [1.54, 1.807) is 18.5 Å². The number of nitrogens with zero attached hydrogens (tertiary/aromatic N) is 3. The molecule has 2 aromatic heterocycles. The number of hydrogen-bond acceptors (Lipinski definition) is 4. The van der Waals surface area contributed by atoms with Gasteiger partial charge in [-0.25, -0.2) is 4.98 Å². The number of aromatic nitrogens is 2. The van der Waals surface area contributed by atoms with Gasteiger partial charge in [-0.1, -0.05) is 42.7 Å². The van der Waals surface area contributed by atoms with Gasteiger partial charge in [-0.05, 0) is 55.0 Å². The fourth-order valence-corrected chi connectivity index (χ4v) is 5.45. The maximum Gasteiger partial charge on any atom is 0.255 e. The van der Waals surface area contributed by atoms with Crippen LogP contribution < -0.4 is 0 Å². The highest BCUT2D eigenvalue weighted by molar-refractivity contribution is 6.29. The topological polar surface area (TPSA) is 66.3 Å². The number of fused-ring (bicyclic) bond motifs is 3. The predicted octanol–water partition coefficient (Wildman–Crippen LogP) is 5.25. The molecule has 2 aliphatic rings. The Balaban J connectivity index is 1.64. The SMILES string of the molecule is C=CCC1c2c(cc(Cc3ccc(Cl)nc3)c3cccnc23)C(=O)N1C1CCCCC1O. The molecule has 1 aromatic carbocycles. The van der Waals surface area contributed by atoms with Crippen LogP contribution in [0.5, 0.6) is 0 Å². The molecule has 1 amide bonds. The first kappa shape index (κ1) is 21.1. The van der Waals surface area contributed by atoms with Crippen LogP contribution in [0, 0.1) is 0 Å². The zero-order valence-corrected chi connectivity index (χ0v) is 18.6. The molecule has 5 rings (SSSR count). The zero-order chi connectivity index (χ0) is 22.2. The summed E-state index contributed by atoms with van der Waals surface area (Å²) in [6, 6.07) is 9.42. The number of halogens is 1. The predicted molar refractivity (Wildman–Crippen MR) is 126 cm³/mol. The minimum atomic E-state index is -0.492. The quantitative estimate of drug-likeness (QED) is 0.428. The average molecular weight is 448 g/mol. The molecule has 1 aliphatic heterocycles. The number of carbonyl (C=O) groups excluding carboxylic acids is 1. The Labute approximate surface area is 192 Å². The number of hydrogen-bond donors (Lipinski definition) is 1. The molecule has 0 spiro atoms. The highest BCUT2D eigenvalue weighted by Gasteiger charge is 2.44. The van der Waals surface area contributed by atoms with Crippen LogP contribution in [0.25, 0.3) is 10.9 Å². The van der Waals surface area contributed by atoms with E-state index >= 15 is 0 Å². The van der Waals surface area contributed by atoms with Gasteiger partial charge in [-0.3, -0.25) is 9.78 Å². The molecule has 3 unspecified atom stereocenters. The second-order valence-corrected chi connectivity index (χ2v) is 9.12. The first-order valence-electron chi connectivity index (χ1n) is 11.2. The molecule has 3 atom stereocenters. The molecular weight excluding hydrogens is 422 g/mol. The minimum Gasteiger partial charge on any atom is -0.391 e. The molecule has 3 aromatic rings. The summed E-state index contributed by atoms with van der Waals surface area (Å²) in [6.07, 6.45) is 9.76. The molecule has 0 saturated heterocycles. The van der Waals surface area contributed by atoms with E-state index in [0.29, 0.717) is 23.6 Å². The Morgan fingerprint density at radius 3 is 2.81 bits per heavy atom. The normalized spacial score (nSPS) is 22.9. The van der Waals surface area contributed by atoms with E-state index in [0.717, 1.165) is 53.3 Å². The van der Waals surface area contributed by atoms with Crippen molar-refractivity contribution in [2.45, 2.75) is 56.7 Å². The Hall–Kier alpha value is -2.76. The van der Waals surface area contributed by atoms with Gasteiger partial charge in [0, 0.05) is 28.9 Å². The third kappa shape index (κ3) is 3.59. The fourth-order valence-electron chi connectivity index (χ4n) is 5.33. The summed E-state index contributed by atoms with van der Waals surface area (Å²) in [5, 5.41) is 12.2. The van der Waals surface area contributed by atoms with Crippen LogP contribution in [0.3, 0.4) is 0 Å². The van der Waals surface area contributed by atoms with Crippen molar-refractivity contribution in [1.29, 1.82) is 0 Å². The van der Waals surface area contributed by atoms with Crippen LogP contribution in [0.2, 0.25) is 5.15 Å². The standard InChI is InChI=1S/C26H26ClN3O2/c1-2-6-21-24-19(26(32)30(21)20-8-3-4-9-22(20)31)14-17(18-7-5-12-28-25(18)24)13-16-10-11-23(27)29-15-16/h2,5,7,10-12,14-15,20-22,31H,1,3-4,6,8-9,13H2. The Morgan fingerprint density at radius 2 is 2.06 bits per heavy atom. The monoisotopic (exact) mass is 447 g/mol. The van der Waals surface area contributed by atoms with E-state index in [4.69, 9.17) is 16.6 Å². The van der Waals surface area contributed by atoms with Crippen LogP contribution in [0.15, 0.2) is 55.4 Å². The summed E-state index contributed by atoms with van der Waals surface area (Å²) in [5.41, 5.74) is 4.56. The van der Waals surface area contributed by atoms with Gasteiger partial charge in [0.2, 0.25) is 0 Å². The van der Waals surface area contributed by atoms with E-state index in [-0.39, 0.29) is 18.0 Å². The molecule has 164 valence electrons. The van der Waals surface area contributed by atoms with Crippen molar-refractivity contribution in [3.8, 4) is 0 Å². The Morgan fingerprint density at radius 1 is 1.22 bits per heavy atom. The molecule has 1 saturated carbocycles. The maximum absolute atomic E-state index is 13.7. The van der Waals surface area contributed by atoms with E-state index < -0.39 is 6.10 Å². The van der Waals surface area contributed by atoms with E-state index in [1.807, 2.05) is 29.2 Å². The van der Waals surface area contributed by atoms with Crippen LogP contribution in [-0.4, -0.2) is 38.0 Å². The van der Waals surface area contributed by atoms with Crippen molar-refractivity contribution in [1.82, 2.24) is 14.9 Å². The largest absolute Gasteiger partial charge is 0.391 e. The zero-order valence-electron chi connectivity index (χ0n) is 17.9. The Kier molecular flexibility index (Phi) is 5.70. The highest BCUT2D eigenvalue weighted by atomic mass is 35.5. The van der Waals surface area contributed by atoms with E-state index in [2.05, 4.69) is 17.6 Å². The van der Waals surface area contributed by atoms with Crippen molar-refractivity contribution in [3.05, 3.63) is 82.8 Å². The van der Waals surface area contributed by atoms with E-state index in [9.17, 15) is 9.90 Å². The number of benzene rings is 1. The second kappa shape index (κ2) is 8.64. The first-order valence-corrected chi connectivity index (χ1v) is 11.6. The number of amides is 1. The molecule has 5 nitrogen and oxygen atoms in total. The molecule has 1 N–H and O–H groups in total. The molecule has 0 bridgehead atoms. The second-order valence-electron chi connectivity index (χ2n) is 8.73. The summed E-state index contributed by atoms with van der Waals surface area (Å²) >= 11 is 5.95. The van der Waals surface area contributed by atoms with Crippen molar-refractivity contribution < 1.29 is 9.90 Å². The third-order valence-electron chi connectivity index (χ3n) is 6.78. The smallest absolute Gasteiger partial charge is 0.255 e. The number of pyridine rings is 2. The summed E-state index contributed by atoms with van der Waals surface area (Å²) in [5.74, 6) is -0.0131. The molecule has 6 heteroatoms. The van der Waals surface area contributed by atoms with Crippen molar-refractivity contribution in [3.63, 3.8) is 0 Å². The van der Waals surface area contributed by atoms with Crippen molar-refractivity contribution in [2.75, 3.05) is 0 Å². The number of aliphatic hydroxyl groups is 1. The van der Waals surface area contributed by atoms with Crippen LogP contribution in [-0.2, 0) is 6.42 Å². The fraction of sp³-hybridized carbons (Fsp3) is 0.346. The van der Waals surface area contributed by atoms with Gasteiger partial charge >= 0.3 is 0 Å². The van der Waals surface area contributed by atoms with Crippen LogP contribution in [0.4, 0.5) is 0 Å². The van der Waals surface area contributed by atoms with Gasteiger partial charge in [-0.2, -0.15) is 0 Å². The lowest BCUT2D eigenvalue weighted by Crippen LogP contribution is -2.47. The van der Waals surface area contributed by atoms with Gasteiger partial charge in [0.15, 0.2) is 0 Å². The van der Waals surface area contributed by atoms with Crippen LogP contribution in [0.1, 0.15) is 65.2 Å². The summed E-state index contributed by atoms with van der Waals surface area (Å²) < 4.78 is 0. The Bertz CT molecular complexity index is 1180. The van der Waals surface area contributed by atoms with Crippen molar-refractivity contribution >= 4 is 28.4 Å². The molecule has 1 fully saturated rings. The van der Waals surface area contributed by atoms with Gasteiger partial charge in [0.1, 0.15) is 5.15 Å². The number of carbonyl (C=O) groups is 1. The number of rotatable bonds is 5. The van der Waals surface area contributed by atoms with Crippen LogP contribution >= 0.6 is 11.6 Å². The molecule has 32 heavy (non-hydrogen) atoms. The maximum atomic E-state index is 13.7.